The van der Waals surface area contributed by atoms with Gasteiger partial charge in [-0.05, 0) is 82.6 Å². The van der Waals surface area contributed by atoms with E-state index in [1.54, 1.807) is 0 Å². The van der Waals surface area contributed by atoms with Gasteiger partial charge in [0.2, 0.25) is 0 Å². The van der Waals surface area contributed by atoms with Crippen molar-refractivity contribution in [2.45, 2.75) is 52.4 Å². The molecule has 0 unspecified atom stereocenters. The summed E-state index contributed by atoms with van der Waals surface area (Å²) < 4.78 is 22.0. The highest BCUT2D eigenvalue weighted by molar-refractivity contribution is 6.24. The van der Waals surface area contributed by atoms with Gasteiger partial charge in [0.15, 0.2) is 11.3 Å². The first-order valence-corrected chi connectivity index (χ1v) is 16.4. The maximum atomic E-state index is 6.82. The number of para-hydroxylation sites is 1. The van der Waals surface area contributed by atoms with Crippen molar-refractivity contribution >= 4 is 54.9 Å². The lowest BCUT2D eigenvalue weighted by atomic mass is 9.87. The molecule has 6 heteroatoms. The molecule has 0 radical (unpaired) electrons. The molecule has 9 aromatic rings. The highest BCUT2D eigenvalue weighted by Gasteiger charge is 2.26. The molecule has 0 amide bonds. The van der Waals surface area contributed by atoms with Gasteiger partial charge in [0.25, 0.3) is 0 Å². The van der Waals surface area contributed by atoms with Gasteiger partial charge < -0.3 is 13.6 Å². The van der Waals surface area contributed by atoms with Crippen LogP contribution in [0.1, 0.15) is 52.7 Å². The van der Waals surface area contributed by atoms with Crippen LogP contribution in [0.2, 0.25) is 0 Å². The summed E-state index contributed by atoms with van der Waals surface area (Å²) >= 11 is 0. The number of nitrogens with zero attached hydrogens (tertiary/aromatic N) is 3. The molecule has 4 aromatic carbocycles. The van der Waals surface area contributed by atoms with E-state index >= 15 is 0 Å². The fourth-order valence-corrected chi connectivity index (χ4v) is 6.91. The number of benzene rings is 4. The van der Waals surface area contributed by atoms with Gasteiger partial charge in [-0.1, -0.05) is 65.8 Å². The Balaban J connectivity index is 1.26. The van der Waals surface area contributed by atoms with Gasteiger partial charge in [0.1, 0.15) is 28.3 Å². The third-order valence-corrected chi connectivity index (χ3v) is 9.48. The maximum Gasteiger partial charge on any atom is 0.181 e. The highest BCUT2D eigenvalue weighted by atomic mass is 16.5. The lowest BCUT2D eigenvalue weighted by Gasteiger charge is -2.20. The van der Waals surface area contributed by atoms with E-state index in [0.29, 0.717) is 17.1 Å². The fraction of sp³-hybridized carbons (Fsp3) is 0.190. The Morgan fingerprint density at radius 3 is 2.06 bits per heavy atom. The van der Waals surface area contributed by atoms with Gasteiger partial charge in [-0.25, -0.2) is 4.98 Å². The van der Waals surface area contributed by atoms with E-state index < -0.39 is 0 Å². The Morgan fingerprint density at radius 1 is 0.604 bits per heavy atom. The average Bonchev–Trinajstić information content (AvgIpc) is 3.75. The molecule has 0 atom stereocenters. The standard InChI is InChI=1S/C42H35N3O3/c1-41(2,3)24-16-18-43-30(20-24)29-23-35(40-38-37-33(47-39(29)38)12-9-13-34(37)48-40)46-26-14-15-28-27-10-7-8-11-31(27)45(32(28)22-26)36-21-25(17-19-44-36)42(4,5)6/h7-23H,1-6H3. The number of aromatic nitrogens is 3. The Labute approximate surface area is 277 Å². The lowest BCUT2D eigenvalue weighted by Crippen LogP contribution is -2.12. The van der Waals surface area contributed by atoms with Crippen LogP contribution >= 0.6 is 0 Å². The molecule has 0 fully saturated rings. The normalized spacial score (nSPS) is 12.8. The Hall–Kier alpha value is -5.62. The number of hydrogen-bond acceptors (Lipinski definition) is 5. The average molecular weight is 630 g/mol. The summed E-state index contributed by atoms with van der Waals surface area (Å²) in [5.74, 6) is 2.17. The van der Waals surface area contributed by atoms with Gasteiger partial charge in [0.05, 0.1) is 27.5 Å². The number of hydrogen-bond donors (Lipinski definition) is 0. The van der Waals surface area contributed by atoms with Crippen molar-refractivity contribution < 1.29 is 13.6 Å². The van der Waals surface area contributed by atoms with Crippen molar-refractivity contribution in [3.63, 3.8) is 0 Å². The van der Waals surface area contributed by atoms with Gasteiger partial charge in [-0.3, -0.25) is 9.55 Å². The molecule has 236 valence electrons. The second-order valence-electron chi connectivity index (χ2n) is 14.8. The third-order valence-electron chi connectivity index (χ3n) is 9.48. The molecule has 0 aliphatic rings. The highest BCUT2D eigenvalue weighted by Crippen LogP contribution is 2.48. The summed E-state index contributed by atoms with van der Waals surface area (Å²) in [4.78, 5) is 9.65. The third kappa shape index (κ3) is 4.32. The fourth-order valence-electron chi connectivity index (χ4n) is 6.91. The van der Waals surface area contributed by atoms with Crippen molar-refractivity contribution in [1.29, 1.82) is 0 Å². The molecule has 0 aliphatic heterocycles. The number of fused-ring (bicyclic) bond motifs is 3. The molecule has 5 heterocycles. The first-order chi connectivity index (χ1) is 23.0. The van der Waals surface area contributed by atoms with Crippen LogP contribution in [-0.4, -0.2) is 14.5 Å². The van der Waals surface area contributed by atoms with Crippen LogP contribution in [0, 0.1) is 0 Å². The van der Waals surface area contributed by atoms with Crippen LogP contribution < -0.4 is 4.74 Å². The topological polar surface area (TPSA) is 66.2 Å². The zero-order valence-electron chi connectivity index (χ0n) is 27.9. The van der Waals surface area contributed by atoms with E-state index in [1.165, 1.54) is 11.1 Å². The Bertz CT molecular complexity index is 2680. The summed E-state index contributed by atoms with van der Waals surface area (Å²) in [6.45, 7) is 13.3. The van der Waals surface area contributed by atoms with Gasteiger partial charge >= 0.3 is 0 Å². The minimum absolute atomic E-state index is 0.0128. The first kappa shape index (κ1) is 28.6. The number of ether oxygens (including phenoxy) is 1. The molecule has 5 aromatic heterocycles. The van der Waals surface area contributed by atoms with Crippen molar-refractivity contribution in [3.05, 3.63) is 115 Å². The van der Waals surface area contributed by atoms with Crippen LogP contribution in [0.4, 0.5) is 0 Å². The molecule has 9 rings (SSSR count). The van der Waals surface area contributed by atoms with E-state index in [-0.39, 0.29) is 10.8 Å². The Morgan fingerprint density at radius 2 is 1.29 bits per heavy atom. The van der Waals surface area contributed by atoms with Crippen LogP contribution in [0.5, 0.6) is 11.5 Å². The zero-order chi connectivity index (χ0) is 32.9. The molecule has 0 aliphatic carbocycles. The molecule has 0 bridgehead atoms. The van der Waals surface area contributed by atoms with Crippen molar-refractivity contribution in [2.75, 3.05) is 0 Å². The minimum atomic E-state index is -0.0384. The Kier molecular flexibility index (Phi) is 5.92. The largest absolute Gasteiger partial charge is 0.455 e. The van der Waals surface area contributed by atoms with E-state index in [0.717, 1.165) is 66.4 Å². The van der Waals surface area contributed by atoms with Crippen molar-refractivity contribution in [3.8, 4) is 28.6 Å². The quantitative estimate of drug-likeness (QED) is 0.194. The lowest BCUT2D eigenvalue weighted by molar-refractivity contribution is 0.477. The number of pyridine rings is 2. The van der Waals surface area contributed by atoms with Crippen molar-refractivity contribution in [1.82, 2.24) is 14.5 Å². The van der Waals surface area contributed by atoms with Gasteiger partial charge in [-0.2, -0.15) is 0 Å². The molecule has 0 saturated heterocycles. The zero-order valence-corrected chi connectivity index (χ0v) is 27.9. The van der Waals surface area contributed by atoms with E-state index in [1.807, 2.05) is 42.7 Å². The van der Waals surface area contributed by atoms with Gasteiger partial charge in [-0.15, -0.1) is 0 Å². The van der Waals surface area contributed by atoms with E-state index in [4.69, 9.17) is 23.5 Å². The monoisotopic (exact) mass is 629 g/mol. The van der Waals surface area contributed by atoms with E-state index in [9.17, 15) is 0 Å². The molecular formula is C42H35N3O3. The summed E-state index contributed by atoms with van der Waals surface area (Å²) in [5.41, 5.74) is 9.10. The molecular weight excluding hydrogens is 594 g/mol. The SMILES string of the molecule is CC(C)(C)c1ccnc(-c2cc(Oc3ccc4c5ccccc5n(-c5cc(C(C)(C)C)ccn5)c4c3)c3oc4cccc5oc2c3c45)c1. The summed E-state index contributed by atoms with van der Waals surface area (Å²) in [6, 6.07) is 31.2. The second-order valence-corrected chi connectivity index (χ2v) is 14.8. The molecule has 6 nitrogen and oxygen atoms in total. The molecule has 0 spiro atoms. The molecule has 0 saturated carbocycles. The summed E-state index contributed by atoms with van der Waals surface area (Å²) in [5, 5.41) is 4.16. The number of rotatable bonds is 4. The molecule has 0 N–H and O–H groups in total. The predicted octanol–water partition coefficient (Wildman–Crippen LogP) is 11.7. The van der Waals surface area contributed by atoms with Crippen LogP contribution in [0.3, 0.4) is 0 Å². The molecule has 48 heavy (non-hydrogen) atoms. The number of furan rings is 2. The smallest absolute Gasteiger partial charge is 0.181 e. The van der Waals surface area contributed by atoms with Crippen LogP contribution in [0.25, 0.3) is 72.0 Å². The maximum absolute atomic E-state index is 6.82. The van der Waals surface area contributed by atoms with Crippen molar-refractivity contribution in [2.24, 2.45) is 0 Å². The minimum Gasteiger partial charge on any atom is -0.455 e. The van der Waals surface area contributed by atoms with Crippen LogP contribution in [0.15, 0.2) is 112 Å². The summed E-state index contributed by atoms with van der Waals surface area (Å²) in [6.07, 6.45) is 3.77. The summed E-state index contributed by atoms with van der Waals surface area (Å²) in [7, 11) is 0. The van der Waals surface area contributed by atoms with Gasteiger partial charge in [0, 0.05) is 34.8 Å². The van der Waals surface area contributed by atoms with E-state index in [2.05, 4.69) is 107 Å². The second kappa shape index (κ2) is 9.94. The first-order valence-electron chi connectivity index (χ1n) is 16.4. The van der Waals surface area contributed by atoms with Crippen LogP contribution in [-0.2, 0) is 10.8 Å². The predicted molar refractivity (Wildman–Crippen MR) is 194 cm³/mol.